The maximum Gasteiger partial charge on any atom is 0.342 e. The van der Waals surface area contributed by atoms with E-state index >= 15 is 0 Å². The van der Waals surface area contributed by atoms with Gasteiger partial charge in [0, 0.05) is 17.5 Å². The quantitative estimate of drug-likeness (QED) is 0.741. The molecule has 1 aromatic carbocycles. The minimum atomic E-state index is -0.961. The highest BCUT2D eigenvalue weighted by atomic mass is 32.1. The SMILES string of the molecule is CC(=O)Nc1sc2c(c1C(=O)OC(C)C(=O)Nc1cccc(C)c1)CCCC2. The van der Waals surface area contributed by atoms with Crippen LogP contribution in [-0.4, -0.2) is 23.9 Å². The first kappa shape index (κ1) is 20.1. The van der Waals surface area contributed by atoms with Crippen molar-refractivity contribution in [2.45, 2.75) is 52.6 Å². The van der Waals surface area contributed by atoms with Crippen molar-refractivity contribution in [1.82, 2.24) is 0 Å². The summed E-state index contributed by atoms with van der Waals surface area (Å²) in [5.74, 6) is -1.21. The van der Waals surface area contributed by atoms with Gasteiger partial charge in [0.2, 0.25) is 5.91 Å². The number of esters is 1. The molecule has 148 valence electrons. The van der Waals surface area contributed by atoms with Crippen LogP contribution in [0.25, 0.3) is 0 Å². The van der Waals surface area contributed by atoms with E-state index in [0.717, 1.165) is 41.7 Å². The van der Waals surface area contributed by atoms with E-state index in [-0.39, 0.29) is 5.91 Å². The first-order valence-corrected chi connectivity index (χ1v) is 10.2. The van der Waals surface area contributed by atoms with Crippen LogP contribution < -0.4 is 10.6 Å². The molecule has 1 heterocycles. The Bertz CT molecular complexity index is 919. The van der Waals surface area contributed by atoms with Gasteiger partial charge in [0.15, 0.2) is 6.10 Å². The second-order valence-electron chi connectivity index (χ2n) is 7.00. The topological polar surface area (TPSA) is 84.5 Å². The number of ether oxygens (including phenoxy) is 1. The van der Waals surface area contributed by atoms with E-state index in [0.29, 0.717) is 16.3 Å². The second kappa shape index (κ2) is 8.56. The number of fused-ring (bicyclic) bond motifs is 1. The molecule has 2 aromatic rings. The molecule has 0 spiro atoms. The maximum atomic E-state index is 12.9. The van der Waals surface area contributed by atoms with Gasteiger partial charge in [0.1, 0.15) is 5.00 Å². The molecule has 1 aliphatic carbocycles. The number of thiophene rings is 1. The van der Waals surface area contributed by atoms with Crippen LogP contribution in [0.3, 0.4) is 0 Å². The highest BCUT2D eigenvalue weighted by Gasteiger charge is 2.29. The Labute approximate surface area is 168 Å². The van der Waals surface area contributed by atoms with Crippen LogP contribution in [0.15, 0.2) is 24.3 Å². The third-order valence-corrected chi connectivity index (χ3v) is 5.81. The molecule has 0 saturated carbocycles. The molecule has 2 N–H and O–H groups in total. The van der Waals surface area contributed by atoms with Gasteiger partial charge in [-0.15, -0.1) is 11.3 Å². The Balaban J connectivity index is 1.75. The fourth-order valence-electron chi connectivity index (χ4n) is 3.27. The van der Waals surface area contributed by atoms with Gasteiger partial charge in [-0.3, -0.25) is 9.59 Å². The maximum absolute atomic E-state index is 12.9. The van der Waals surface area contributed by atoms with E-state index in [1.54, 1.807) is 13.0 Å². The standard InChI is InChI=1S/C21H24N2O4S/c1-12-7-6-8-15(11-12)23-19(25)13(2)27-21(26)18-16-9-4-5-10-17(16)28-20(18)22-14(3)24/h6-8,11,13H,4-5,9-10H2,1-3H3,(H,22,24)(H,23,25). The first-order chi connectivity index (χ1) is 13.3. The minimum Gasteiger partial charge on any atom is -0.449 e. The highest BCUT2D eigenvalue weighted by Crippen LogP contribution is 2.38. The third-order valence-electron chi connectivity index (χ3n) is 4.60. The van der Waals surface area contributed by atoms with E-state index in [2.05, 4.69) is 10.6 Å². The molecule has 3 rings (SSSR count). The zero-order valence-electron chi connectivity index (χ0n) is 16.3. The summed E-state index contributed by atoms with van der Waals surface area (Å²) in [4.78, 5) is 37.9. The van der Waals surface area contributed by atoms with E-state index in [1.165, 1.54) is 18.3 Å². The Kier molecular flexibility index (Phi) is 6.14. The van der Waals surface area contributed by atoms with Crippen LogP contribution in [0, 0.1) is 6.92 Å². The van der Waals surface area contributed by atoms with E-state index in [9.17, 15) is 14.4 Å². The Morgan fingerprint density at radius 3 is 2.61 bits per heavy atom. The summed E-state index contributed by atoms with van der Waals surface area (Å²) in [6, 6.07) is 7.40. The van der Waals surface area contributed by atoms with Crippen molar-refractivity contribution in [3.8, 4) is 0 Å². The third kappa shape index (κ3) is 4.59. The van der Waals surface area contributed by atoms with Crippen molar-refractivity contribution in [2.24, 2.45) is 0 Å². The smallest absolute Gasteiger partial charge is 0.342 e. The summed E-state index contributed by atoms with van der Waals surface area (Å²) >= 11 is 1.42. The number of rotatable bonds is 5. The van der Waals surface area contributed by atoms with Crippen molar-refractivity contribution < 1.29 is 19.1 Å². The number of hydrogen-bond donors (Lipinski definition) is 2. The van der Waals surface area contributed by atoms with E-state index in [4.69, 9.17) is 4.74 Å². The molecular weight excluding hydrogens is 376 g/mol. The number of amides is 2. The lowest BCUT2D eigenvalue weighted by atomic mass is 9.95. The molecule has 6 nitrogen and oxygen atoms in total. The van der Waals surface area contributed by atoms with Crippen LogP contribution >= 0.6 is 11.3 Å². The fourth-order valence-corrected chi connectivity index (χ4v) is 4.59. The molecule has 7 heteroatoms. The van der Waals surface area contributed by atoms with Gasteiger partial charge >= 0.3 is 5.97 Å². The summed E-state index contributed by atoms with van der Waals surface area (Å²) < 4.78 is 5.45. The number of anilines is 2. The van der Waals surface area contributed by atoms with E-state index < -0.39 is 18.0 Å². The molecule has 1 aromatic heterocycles. The normalized spacial score (nSPS) is 14.0. The van der Waals surface area contributed by atoms with Crippen LogP contribution in [-0.2, 0) is 27.2 Å². The number of hydrogen-bond acceptors (Lipinski definition) is 5. The van der Waals surface area contributed by atoms with Gasteiger partial charge in [-0.25, -0.2) is 4.79 Å². The summed E-state index contributed by atoms with van der Waals surface area (Å²) in [7, 11) is 0. The van der Waals surface area contributed by atoms with Crippen LogP contribution in [0.2, 0.25) is 0 Å². The lowest BCUT2D eigenvalue weighted by Gasteiger charge is -2.16. The average Bonchev–Trinajstić information content (AvgIpc) is 2.98. The van der Waals surface area contributed by atoms with Gasteiger partial charge < -0.3 is 15.4 Å². The molecule has 1 unspecified atom stereocenters. The van der Waals surface area contributed by atoms with Crippen LogP contribution in [0.4, 0.5) is 10.7 Å². The zero-order chi connectivity index (χ0) is 20.3. The van der Waals surface area contributed by atoms with Gasteiger partial charge in [-0.2, -0.15) is 0 Å². The van der Waals surface area contributed by atoms with Gasteiger partial charge in [-0.1, -0.05) is 12.1 Å². The molecule has 1 atom stereocenters. The second-order valence-corrected chi connectivity index (χ2v) is 8.11. The van der Waals surface area contributed by atoms with Crippen molar-refractivity contribution in [3.05, 3.63) is 45.8 Å². The fraction of sp³-hybridized carbons (Fsp3) is 0.381. The van der Waals surface area contributed by atoms with Gasteiger partial charge in [-0.05, 0) is 62.8 Å². The number of benzene rings is 1. The Morgan fingerprint density at radius 1 is 1.14 bits per heavy atom. The molecule has 0 bridgehead atoms. The lowest BCUT2D eigenvalue weighted by molar-refractivity contribution is -0.123. The monoisotopic (exact) mass is 400 g/mol. The van der Waals surface area contributed by atoms with Gasteiger partial charge in [0.25, 0.3) is 5.91 Å². The molecule has 0 aliphatic heterocycles. The molecule has 1 aliphatic rings. The molecule has 2 amide bonds. The number of carbonyl (C=O) groups excluding carboxylic acids is 3. The van der Waals surface area contributed by atoms with Crippen LogP contribution in [0.1, 0.15) is 53.1 Å². The van der Waals surface area contributed by atoms with Crippen LogP contribution in [0.5, 0.6) is 0 Å². The largest absolute Gasteiger partial charge is 0.449 e. The van der Waals surface area contributed by atoms with Crippen molar-refractivity contribution in [3.63, 3.8) is 0 Å². The lowest BCUT2D eigenvalue weighted by Crippen LogP contribution is -2.30. The number of aryl methyl sites for hydroxylation is 2. The average molecular weight is 401 g/mol. The Hall–Kier alpha value is -2.67. The predicted molar refractivity (Wildman–Crippen MR) is 110 cm³/mol. The molecule has 0 saturated heterocycles. The van der Waals surface area contributed by atoms with Crippen molar-refractivity contribution in [2.75, 3.05) is 10.6 Å². The summed E-state index contributed by atoms with van der Waals surface area (Å²) in [6.07, 6.45) is 2.77. The number of carbonyl (C=O) groups is 3. The summed E-state index contributed by atoms with van der Waals surface area (Å²) in [5.41, 5.74) is 3.01. The van der Waals surface area contributed by atoms with Gasteiger partial charge in [0.05, 0.1) is 5.56 Å². The zero-order valence-corrected chi connectivity index (χ0v) is 17.1. The summed E-state index contributed by atoms with van der Waals surface area (Å²) in [5, 5.41) is 6.01. The molecular formula is C21H24N2O4S. The summed E-state index contributed by atoms with van der Waals surface area (Å²) in [6.45, 7) is 4.88. The predicted octanol–water partition coefficient (Wildman–Crippen LogP) is 4.08. The van der Waals surface area contributed by atoms with E-state index in [1.807, 2.05) is 25.1 Å². The van der Waals surface area contributed by atoms with Crippen molar-refractivity contribution in [1.29, 1.82) is 0 Å². The number of nitrogens with one attached hydrogen (secondary N) is 2. The highest BCUT2D eigenvalue weighted by molar-refractivity contribution is 7.17. The minimum absolute atomic E-state index is 0.238. The molecule has 28 heavy (non-hydrogen) atoms. The Morgan fingerprint density at radius 2 is 1.89 bits per heavy atom. The molecule has 0 fully saturated rings. The molecule has 0 radical (unpaired) electrons. The van der Waals surface area contributed by atoms with Crippen molar-refractivity contribution >= 4 is 39.8 Å². The first-order valence-electron chi connectivity index (χ1n) is 9.35.